The van der Waals surface area contributed by atoms with Crippen LogP contribution in [-0.2, 0) is 34.1 Å². The number of nitrogens with one attached hydrogen (secondary N) is 1. The quantitative estimate of drug-likeness (QED) is 0.590. The third-order valence-corrected chi connectivity index (χ3v) is 3.09. The van der Waals surface area contributed by atoms with Crippen molar-refractivity contribution in [3.8, 4) is 0 Å². The van der Waals surface area contributed by atoms with Crippen LogP contribution in [0.2, 0.25) is 0 Å². The molecule has 1 fully saturated rings. The van der Waals surface area contributed by atoms with Gasteiger partial charge in [-0.25, -0.2) is 0 Å². The van der Waals surface area contributed by atoms with Gasteiger partial charge < -0.3 is 5.32 Å². The molecule has 1 heterocycles. The number of unbranched alkanes of at least 4 members (excludes halogenated alkanes) is 2. The Balaban J connectivity index is 2.50. The Kier molecular flexibility index (Phi) is 7.37. The molecule has 0 unspecified atom stereocenters. The lowest BCUT2D eigenvalue weighted by molar-refractivity contribution is -0.540. The van der Waals surface area contributed by atoms with Crippen LogP contribution in [0.1, 0.15) is 66.7 Å². The molecule has 0 aromatic carbocycles. The van der Waals surface area contributed by atoms with Crippen molar-refractivity contribution in [1.82, 2.24) is 5.32 Å². The molecule has 1 aliphatic rings. The summed E-state index contributed by atoms with van der Waals surface area (Å²) < 4.78 is 0. The van der Waals surface area contributed by atoms with Gasteiger partial charge in [-0.3, -0.25) is 4.79 Å². The van der Waals surface area contributed by atoms with E-state index in [0.29, 0.717) is 12.8 Å². The molecule has 1 aliphatic heterocycles. The Hall–Kier alpha value is -0.770. The first-order valence-corrected chi connectivity index (χ1v) is 7.89. The van der Waals surface area contributed by atoms with Crippen molar-refractivity contribution in [3.63, 3.8) is 0 Å². The lowest BCUT2D eigenvalue weighted by atomic mass is 10.1. The Morgan fingerprint density at radius 2 is 1.26 bits per heavy atom. The molecule has 1 N–H and O–H groups in total. The molecule has 1 saturated heterocycles. The van der Waals surface area contributed by atoms with E-state index in [9.17, 15) is 4.79 Å². The maximum Gasteiger partial charge on any atom is 0.231 e. The van der Waals surface area contributed by atoms with E-state index in [1.807, 2.05) is 0 Å². The maximum absolute atomic E-state index is 11.2. The second-order valence-corrected chi connectivity index (χ2v) is 6.67. The minimum Gasteiger partial charge on any atom is -0.359 e. The van der Waals surface area contributed by atoms with Gasteiger partial charge in [-0.05, 0) is 47.5 Å². The van der Waals surface area contributed by atoms with Gasteiger partial charge >= 0.3 is 0 Å². The van der Waals surface area contributed by atoms with Crippen molar-refractivity contribution in [2.75, 3.05) is 7.05 Å². The standard InChI is InChI=1S/C15H29NO7/c1-13(2)18-19-14(3,4)21-23-15(5,22-20-13)11-9-7-8-10-12(17)16-6/h7-11H2,1-6H3,(H,16,17). The highest BCUT2D eigenvalue weighted by Crippen LogP contribution is 2.30. The minimum atomic E-state index is -1.12. The van der Waals surface area contributed by atoms with E-state index in [2.05, 4.69) is 5.32 Å². The lowest BCUT2D eigenvalue weighted by Crippen LogP contribution is -2.37. The van der Waals surface area contributed by atoms with E-state index in [4.69, 9.17) is 29.3 Å². The molecule has 0 spiro atoms. The van der Waals surface area contributed by atoms with Crippen LogP contribution in [0.4, 0.5) is 0 Å². The van der Waals surface area contributed by atoms with Gasteiger partial charge in [-0.15, -0.1) is 0 Å². The number of hydrogen-bond donors (Lipinski definition) is 1. The molecule has 0 aromatic heterocycles. The van der Waals surface area contributed by atoms with Crippen LogP contribution in [0.5, 0.6) is 0 Å². The van der Waals surface area contributed by atoms with Crippen LogP contribution in [0.25, 0.3) is 0 Å². The zero-order valence-corrected chi connectivity index (χ0v) is 14.9. The third-order valence-electron chi connectivity index (χ3n) is 3.09. The number of carbonyl (C=O) groups is 1. The minimum absolute atomic E-state index is 0.0376. The first-order chi connectivity index (χ1) is 10.6. The monoisotopic (exact) mass is 335 g/mol. The summed E-state index contributed by atoms with van der Waals surface area (Å²) in [6.45, 7) is 8.32. The predicted octanol–water partition coefficient (Wildman–Crippen LogP) is 2.73. The first kappa shape index (κ1) is 20.3. The molecule has 8 nitrogen and oxygen atoms in total. The van der Waals surface area contributed by atoms with Crippen LogP contribution in [0.3, 0.4) is 0 Å². The highest BCUT2D eigenvalue weighted by molar-refractivity contribution is 5.75. The zero-order chi connectivity index (χ0) is 17.6. The van der Waals surface area contributed by atoms with Gasteiger partial charge in [0.1, 0.15) is 0 Å². The lowest BCUT2D eigenvalue weighted by Gasteiger charge is -2.29. The second kappa shape index (κ2) is 8.36. The fourth-order valence-electron chi connectivity index (χ4n) is 1.74. The van der Waals surface area contributed by atoms with Crippen LogP contribution >= 0.6 is 0 Å². The summed E-state index contributed by atoms with van der Waals surface area (Å²) in [4.78, 5) is 42.7. The highest BCUT2D eigenvalue weighted by Gasteiger charge is 2.39. The smallest absolute Gasteiger partial charge is 0.231 e. The van der Waals surface area contributed by atoms with E-state index in [1.165, 1.54) is 0 Å². The maximum atomic E-state index is 11.2. The average molecular weight is 335 g/mol. The fourth-order valence-corrected chi connectivity index (χ4v) is 1.74. The summed E-state index contributed by atoms with van der Waals surface area (Å²) in [6, 6.07) is 0. The van der Waals surface area contributed by atoms with Crippen molar-refractivity contribution in [3.05, 3.63) is 0 Å². The van der Waals surface area contributed by atoms with Crippen LogP contribution in [0.15, 0.2) is 0 Å². The molecule has 0 bridgehead atoms. The Morgan fingerprint density at radius 3 is 1.74 bits per heavy atom. The van der Waals surface area contributed by atoms with Crippen molar-refractivity contribution in [2.24, 2.45) is 0 Å². The molecule has 0 aliphatic carbocycles. The number of hydrogen-bond acceptors (Lipinski definition) is 7. The number of carbonyl (C=O) groups excluding carboxylic acids is 1. The molecule has 8 heteroatoms. The number of amides is 1. The summed E-state index contributed by atoms with van der Waals surface area (Å²) in [6.07, 6.45) is 3.45. The van der Waals surface area contributed by atoms with Crippen molar-refractivity contribution in [2.45, 2.75) is 84.1 Å². The van der Waals surface area contributed by atoms with Crippen LogP contribution < -0.4 is 5.32 Å². The molecular formula is C15H29NO7. The van der Waals surface area contributed by atoms with E-state index in [1.54, 1.807) is 41.7 Å². The van der Waals surface area contributed by atoms with Gasteiger partial charge in [0.2, 0.25) is 23.3 Å². The van der Waals surface area contributed by atoms with Crippen LogP contribution in [-0.4, -0.2) is 30.3 Å². The topological polar surface area (TPSA) is 84.5 Å². The summed E-state index contributed by atoms with van der Waals surface area (Å²) in [5, 5.41) is 2.60. The van der Waals surface area contributed by atoms with Gasteiger partial charge in [0, 0.05) is 19.9 Å². The second-order valence-electron chi connectivity index (χ2n) is 6.67. The SMILES string of the molecule is CNC(=O)CCCCCC1(C)OOC(C)(C)OOC(C)(C)OO1. The molecule has 1 rings (SSSR count). The highest BCUT2D eigenvalue weighted by atomic mass is 17.4. The first-order valence-electron chi connectivity index (χ1n) is 7.89. The van der Waals surface area contributed by atoms with Gasteiger partial charge in [0.05, 0.1) is 0 Å². The molecule has 0 atom stereocenters. The summed E-state index contributed by atoms with van der Waals surface area (Å²) in [5.74, 6) is -3.31. The number of rotatable bonds is 6. The Morgan fingerprint density at radius 1 is 0.783 bits per heavy atom. The molecule has 0 aromatic rings. The Bertz CT molecular complexity index is 364. The molecule has 136 valence electrons. The van der Waals surface area contributed by atoms with Crippen molar-refractivity contribution >= 4 is 5.91 Å². The summed E-state index contributed by atoms with van der Waals surface area (Å²) >= 11 is 0. The summed E-state index contributed by atoms with van der Waals surface area (Å²) in [5.41, 5.74) is 0. The molecule has 0 radical (unpaired) electrons. The summed E-state index contributed by atoms with van der Waals surface area (Å²) in [7, 11) is 1.63. The predicted molar refractivity (Wildman–Crippen MR) is 80.2 cm³/mol. The van der Waals surface area contributed by atoms with Gasteiger partial charge in [0.25, 0.3) is 0 Å². The van der Waals surface area contributed by atoms with E-state index >= 15 is 0 Å². The molecular weight excluding hydrogens is 306 g/mol. The molecule has 23 heavy (non-hydrogen) atoms. The van der Waals surface area contributed by atoms with Crippen LogP contribution in [0, 0.1) is 0 Å². The Labute approximate surface area is 137 Å². The van der Waals surface area contributed by atoms with Gasteiger partial charge in [0.15, 0.2) is 0 Å². The van der Waals surface area contributed by atoms with Crippen molar-refractivity contribution in [1.29, 1.82) is 0 Å². The van der Waals surface area contributed by atoms with Gasteiger partial charge in [-0.1, -0.05) is 6.42 Å². The fraction of sp³-hybridized carbons (Fsp3) is 0.933. The van der Waals surface area contributed by atoms with Gasteiger partial charge in [-0.2, -0.15) is 29.3 Å². The molecule has 1 amide bonds. The average Bonchev–Trinajstić information content (AvgIpc) is 2.52. The van der Waals surface area contributed by atoms with E-state index in [-0.39, 0.29) is 5.91 Å². The third kappa shape index (κ3) is 8.05. The zero-order valence-electron chi connectivity index (χ0n) is 14.9. The van der Waals surface area contributed by atoms with Crippen molar-refractivity contribution < 1.29 is 34.1 Å². The molecule has 0 saturated carbocycles. The largest absolute Gasteiger partial charge is 0.359 e. The van der Waals surface area contributed by atoms with E-state index < -0.39 is 17.4 Å². The van der Waals surface area contributed by atoms with E-state index in [0.717, 1.165) is 19.3 Å². The normalized spacial score (nSPS) is 23.4.